The van der Waals surface area contributed by atoms with Crippen molar-refractivity contribution in [3.63, 3.8) is 0 Å². The van der Waals surface area contributed by atoms with Gasteiger partial charge in [0.25, 0.3) is 0 Å². The third-order valence-electron chi connectivity index (χ3n) is 3.54. The van der Waals surface area contributed by atoms with Gasteiger partial charge in [-0.2, -0.15) is 0 Å². The molecule has 2 aromatic rings. The highest BCUT2D eigenvalue weighted by molar-refractivity contribution is 6.33. The molecule has 20 heavy (non-hydrogen) atoms. The van der Waals surface area contributed by atoms with Gasteiger partial charge < -0.3 is 0 Å². The third-order valence-corrected chi connectivity index (χ3v) is 4.34. The van der Waals surface area contributed by atoms with Crippen LogP contribution in [-0.4, -0.2) is 0 Å². The number of hydrogen-bond acceptors (Lipinski definition) is 0. The van der Waals surface area contributed by atoms with Crippen molar-refractivity contribution in [2.75, 3.05) is 0 Å². The van der Waals surface area contributed by atoms with E-state index < -0.39 is 5.38 Å². The lowest BCUT2D eigenvalue weighted by atomic mass is 9.96. The zero-order chi connectivity index (χ0) is 14.7. The number of hydrogen-bond donors (Lipinski definition) is 0. The van der Waals surface area contributed by atoms with Gasteiger partial charge in [-0.3, -0.25) is 0 Å². The zero-order valence-corrected chi connectivity index (χ0v) is 13.1. The normalized spacial score (nSPS) is 12.4. The van der Waals surface area contributed by atoms with Crippen molar-refractivity contribution < 1.29 is 4.39 Å². The minimum Gasteiger partial charge on any atom is -0.207 e. The minimum atomic E-state index is -0.570. The molecule has 0 amide bonds. The van der Waals surface area contributed by atoms with Crippen LogP contribution in [0.2, 0.25) is 5.02 Å². The second kappa shape index (κ2) is 6.60. The Labute approximate surface area is 129 Å². The van der Waals surface area contributed by atoms with E-state index in [9.17, 15) is 4.39 Å². The van der Waals surface area contributed by atoms with E-state index in [0.717, 1.165) is 18.4 Å². The molecule has 0 saturated heterocycles. The first-order valence-electron chi connectivity index (χ1n) is 6.78. The van der Waals surface area contributed by atoms with Crippen LogP contribution >= 0.6 is 23.2 Å². The van der Waals surface area contributed by atoms with Gasteiger partial charge in [0.1, 0.15) is 5.82 Å². The highest BCUT2D eigenvalue weighted by Gasteiger charge is 2.19. The zero-order valence-electron chi connectivity index (χ0n) is 11.6. The standard InChI is InChI=1S/C17H17Cl2F/c1-3-11-8-9-13(10-12(11)4-2)17(19)16-14(18)6-5-7-15(16)20/h5-10,17H,3-4H2,1-2H3. The molecule has 0 radical (unpaired) electrons. The first-order valence-corrected chi connectivity index (χ1v) is 7.59. The van der Waals surface area contributed by atoms with E-state index >= 15 is 0 Å². The molecular weight excluding hydrogens is 294 g/mol. The van der Waals surface area contributed by atoms with Gasteiger partial charge >= 0.3 is 0 Å². The largest absolute Gasteiger partial charge is 0.207 e. The summed E-state index contributed by atoms with van der Waals surface area (Å²) in [6, 6.07) is 10.7. The molecule has 2 rings (SSSR count). The SMILES string of the molecule is CCc1ccc(C(Cl)c2c(F)cccc2Cl)cc1CC. The van der Waals surface area contributed by atoms with Crippen molar-refractivity contribution in [1.82, 2.24) is 0 Å². The van der Waals surface area contributed by atoms with E-state index in [1.807, 2.05) is 6.07 Å². The molecule has 0 aliphatic rings. The first kappa shape index (κ1) is 15.3. The molecule has 0 aliphatic carbocycles. The van der Waals surface area contributed by atoms with E-state index in [1.165, 1.54) is 17.2 Å². The van der Waals surface area contributed by atoms with E-state index in [4.69, 9.17) is 23.2 Å². The van der Waals surface area contributed by atoms with Crippen LogP contribution in [0, 0.1) is 5.82 Å². The lowest BCUT2D eigenvalue weighted by molar-refractivity contribution is 0.612. The number of aryl methyl sites for hydroxylation is 2. The van der Waals surface area contributed by atoms with Crippen molar-refractivity contribution in [3.8, 4) is 0 Å². The highest BCUT2D eigenvalue weighted by atomic mass is 35.5. The van der Waals surface area contributed by atoms with Crippen molar-refractivity contribution in [3.05, 3.63) is 69.5 Å². The topological polar surface area (TPSA) is 0 Å². The molecule has 2 aromatic carbocycles. The summed E-state index contributed by atoms with van der Waals surface area (Å²) in [4.78, 5) is 0. The molecule has 0 N–H and O–H groups in total. The molecule has 0 aromatic heterocycles. The van der Waals surface area contributed by atoms with Crippen molar-refractivity contribution in [2.45, 2.75) is 32.1 Å². The Morgan fingerprint density at radius 2 is 1.75 bits per heavy atom. The predicted molar refractivity (Wildman–Crippen MR) is 84.3 cm³/mol. The summed E-state index contributed by atoms with van der Waals surface area (Å²) in [5.74, 6) is -0.366. The Bertz CT molecular complexity index is 588. The van der Waals surface area contributed by atoms with Crippen LogP contribution in [0.25, 0.3) is 0 Å². The molecule has 0 spiro atoms. The number of halogens is 3. The molecule has 1 unspecified atom stereocenters. The van der Waals surface area contributed by atoms with Crippen molar-refractivity contribution in [2.24, 2.45) is 0 Å². The average Bonchev–Trinajstić information content (AvgIpc) is 2.46. The number of alkyl halides is 1. The van der Waals surface area contributed by atoms with Crippen LogP contribution in [0.4, 0.5) is 4.39 Å². The van der Waals surface area contributed by atoms with Crippen molar-refractivity contribution in [1.29, 1.82) is 0 Å². The average molecular weight is 311 g/mol. The molecule has 0 aliphatic heterocycles. The van der Waals surface area contributed by atoms with E-state index in [1.54, 1.807) is 12.1 Å². The highest BCUT2D eigenvalue weighted by Crippen LogP contribution is 2.36. The summed E-state index contributed by atoms with van der Waals surface area (Å²) in [5, 5.41) is -0.206. The fourth-order valence-electron chi connectivity index (χ4n) is 2.40. The Morgan fingerprint density at radius 3 is 2.35 bits per heavy atom. The maximum absolute atomic E-state index is 13.9. The van der Waals surface area contributed by atoms with E-state index in [-0.39, 0.29) is 5.82 Å². The molecule has 0 bridgehead atoms. The maximum atomic E-state index is 13.9. The molecule has 3 heteroatoms. The van der Waals surface area contributed by atoms with Crippen LogP contribution in [0.15, 0.2) is 36.4 Å². The van der Waals surface area contributed by atoms with Gasteiger partial charge in [-0.15, -0.1) is 11.6 Å². The van der Waals surface area contributed by atoms with E-state index in [0.29, 0.717) is 10.6 Å². The van der Waals surface area contributed by atoms with E-state index in [2.05, 4.69) is 26.0 Å². The monoisotopic (exact) mass is 310 g/mol. The van der Waals surface area contributed by atoms with Gasteiger partial charge in [-0.05, 0) is 41.7 Å². The Kier molecular flexibility index (Phi) is 5.06. The fraction of sp³-hybridized carbons (Fsp3) is 0.294. The maximum Gasteiger partial charge on any atom is 0.129 e. The summed E-state index contributed by atoms with van der Waals surface area (Å²) < 4.78 is 13.9. The number of benzene rings is 2. The summed E-state index contributed by atoms with van der Waals surface area (Å²) in [6.07, 6.45) is 1.92. The lowest BCUT2D eigenvalue weighted by Crippen LogP contribution is -2.01. The van der Waals surface area contributed by atoms with Gasteiger partial charge in [0.15, 0.2) is 0 Å². The van der Waals surface area contributed by atoms with Crippen LogP contribution < -0.4 is 0 Å². The lowest BCUT2D eigenvalue weighted by Gasteiger charge is -2.15. The summed E-state index contributed by atoms with van der Waals surface area (Å²) in [6.45, 7) is 4.23. The summed E-state index contributed by atoms with van der Waals surface area (Å²) >= 11 is 12.5. The van der Waals surface area contributed by atoms with Gasteiger partial charge in [0.05, 0.1) is 5.38 Å². The predicted octanol–water partition coefficient (Wildman–Crippen LogP) is 5.93. The van der Waals surface area contributed by atoms with Gasteiger partial charge in [-0.1, -0.05) is 49.7 Å². The molecule has 0 saturated carbocycles. The van der Waals surface area contributed by atoms with Crippen LogP contribution in [0.3, 0.4) is 0 Å². The second-order valence-electron chi connectivity index (χ2n) is 4.73. The Hall–Kier alpha value is -1.05. The quantitative estimate of drug-likeness (QED) is 0.614. The Balaban J connectivity index is 2.46. The molecule has 0 heterocycles. The molecule has 0 fully saturated rings. The van der Waals surface area contributed by atoms with Crippen molar-refractivity contribution >= 4 is 23.2 Å². The summed E-state index contributed by atoms with van der Waals surface area (Å²) in [5.41, 5.74) is 3.79. The molecule has 106 valence electrons. The van der Waals surface area contributed by atoms with Gasteiger partial charge in [-0.25, -0.2) is 4.39 Å². The second-order valence-corrected chi connectivity index (χ2v) is 5.58. The smallest absolute Gasteiger partial charge is 0.129 e. The van der Waals surface area contributed by atoms with Gasteiger partial charge in [0.2, 0.25) is 0 Å². The molecule has 1 atom stereocenters. The Morgan fingerprint density at radius 1 is 1.05 bits per heavy atom. The minimum absolute atomic E-state index is 0.349. The van der Waals surface area contributed by atoms with Crippen LogP contribution in [-0.2, 0) is 12.8 Å². The van der Waals surface area contributed by atoms with Crippen LogP contribution in [0.1, 0.15) is 41.5 Å². The van der Waals surface area contributed by atoms with Crippen LogP contribution in [0.5, 0.6) is 0 Å². The number of rotatable bonds is 4. The van der Waals surface area contributed by atoms with Gasteiger partial charge in [0, 0.05) is 10.6 Å². The molecule has 0 nitrogen and oxygen atoms in total. The summed E-state index contributed by atoms with van der Waals surface area (Å²) in [7, 11) is 0. The first-order chi connectivity index (χ1) is 9.58. The molecular formula is C17H17Cl2F. The third kappa shape index (κ3) is 2.99. The fourth-order valence-corrected chi connectivity index (χ4v) is 3.08.